The Hall–Kier alpha value is -1.87. The van der Waals surface area contributed by atoms with Crippen LogP contribution in [0.1, 0.15) is 11.1 Å². The highest BCUT2D eigenvalue weighted by Gasteiger charge is 1.99. The Labute approximate surface area is 104 Å². The van der Waals surface area contributed by atoms with E-state index in [1.807, 2.05) is 47.2 Å². The summed E-state index contributed by atoms with van der Waals surface area (Å²) in [4.78, 5) is 11.6. The molecule has 0 bridgehead atoms. The first-order valence-electron chi connectivity index (χ1n) is 5.31. The minimum atomic E-state index is 0.111. The van der Waals surface area contributed by atoms with Gasteiger partial charge in [-0.3, -0.25) is 4.79 Å². The fraction of sp³-hybridized carbons (Fsp3) is 0.0714. The lowest BCUT2D eigenvalue weighted by atomic mass is 10.1. The minimum Gasteiger partial charge on any atom is -0.399 e. The highest BCUT2D eigenvalue weighted by atomic mass is 32.1. The molecular formula is C14H13NOS. The Balaban J connectivity index is 1.96. The lowest BCUT2D eigenvalue weighted by Gasteiger charge is -1.95. The van der Waals surface area contributed by atoms with E-state index in [2.05, 4.69) is 0 Å². The van der Waals surface area contributed by atoms with Gasteiger partial charge in [-0.1, -0.05) is 18.2 Å². The van der Waals surface area contributed by atoms with E-state index in [0.29, 0.717) is 6.42 Å². The number of nitrogen functional groups attached to an aromatic ring is 1. The van der Waals surface area contributed by atoms with Gasteiger partial charge >= 0.3 is 0 Å². The van der Waals surface area contributed by atoms with Gasteiger partial charge in [-0.25, -0.2) is 0 Å². The first kappa shape index (κ1) is 11.6. The number of ketones is 1. The van der Waals surface area contributed by atoms with Crippen LogP contribution in [0.2, 0.25) is 0 Å². The predicted octanol–water partition coefficient (Wildman–Crippen LogP) is 3.16. The zero-order valence-electron chi connectivity index (χ0n) is 9.30. The summed E-state index contributed by atoms with van der Waals surface area (Å²) in [5.41, 5.74) is 8.37. The topological polar surface area (TPSA) is 43.1 Å². The molecule has 2 nitrogen and oxygen atoms in total. The van der Waals surface area contributed by atoms with Gasteiger partial charge in [-0.15, -0.1) is 0 Å². The third kappa shape index (κ3) is 3.57. The summed E-state index contributed by atoms with van der Waals surface area (Å²) in [6.45, 7) is 0. The van der Waals surface area contributed by atoms with Crippen molar-refractivity contribution < 1.29 is 4.79 Å². The Bertz CT molecular complexity index is 512. The molecule has 1 heterocycles. The van der Waals surface area contributed by atoms with E-state index in [9.17, 15) is 4.79 Å². The van der Waals surface area contributed by atoms with Crippen molar-refractivity contribution in [1.82, 2.24) is 0 Å². The number of rotatable bonds is 4. The van der Waals surface area contributed by atoms with Gasteiger partial charge < -0.3 is 5.73 Å². The van der Waals surface area contributed by atoms with Gasteiger partial charge in [0, 0.05) is 12.1 Å². The molecule has 0 aliphatic rings. The Morgan fingerprint density at radius 2 is 2.00 bits per heavy atom. The summed E-state index contributed by atoms with van der Waals surface area (Å²) in [5.74, 6) is 0.111. The van der Waals surface area contributed by atoms with Crippen molar-refractivity contribution in [3.05, 3.63) is 58.3 Å². The maximum atomic E-state index is 11.6. The summed E-state index contributed by atoms with van der Waals surface area (Å²) in [5, 5.41) is 3.97. The average molecular weight is 243 g/mol. The number of thiophene rings is 1. The molecule has 2 aromatic rings. The number of allylic oxidation sites excluding steroid dienone is 1. The fourth-order valence-corrected chi connectivity index (χ4v) is 2.12. The molecule has 2 rings (SSSR count). The highest BCUT2D eigenvalue weighted by Crippen LogP contribution is 2.09. The number of carbonyl (C=O) groups excluding carboxylic acids is 1. The van der Waals surface area contributed by atoms with E-state index in [-0.39, 0.29) is 5.78 Å². The number of hydrogen-bond acceptors (Lipinski definition) is 3. The van der Waals surface area contributed by atoms with Crippen LogP contribution >= 0.6 is 11.3 Å². The quantitative estimate of drug-likeness (QED) is 0.662. The van der Waals surface area contributed by atoms with Crippen molar-refractivity contribution in [3.8, 4) is 0 Å². The van der Waals surface area contributed by atoms with Crippen LogP contribution in [-0.4, -0.2) is 5.78 Å². The van der Waals surface area contributed by atoms with Crippen LogP contribution in [0.4, 0.5) is 5.69 Å². The minimum absolute atomic E-state index is 0.111. The van der Waals surface area contributed by atoms with Crippen LogP contribution in [0.3, 0.4) is 0 Å². The molecule has 0 fully saturated rings. The predicted molar refractivity (Wildman–Crippen MR) is 72.9 cm³/mol. The van der Waals surface area contributed by atoms with E-state index >= 15 is 0 Å². The van der Waals surface area contributed by atoms with Crippen LogP contribution in [0, 0.1) is 0 Å². The van der Waals surface area contributed by atoms with Gasteiger partial charge in [0.25, 0.3) is 0 Å². The van der Waals surface area contributed by atoms with Crippen molar-refractivity contribution >= 4 is 28.9 Å². The van der Waals surface area contributed by atoms with Gasteiger partial charge in [0.15, 0.2) is 5.78 Å². The van der Waals surface area contributed by atoms with Gasteiger partial charge in [0.2, 0.25) is 0 Å². The second-order valence-electron chi connectivity index (χ2n) is 3.77. The smallest absolute Gasteiger partial charge is 0.160 e. The number of hydrogen-bond donors (Lipinski definition) is 1. The molecule has 86 valence electrons. The number of nitrogens with two attached hydrogens (primary N) is 1. The van der Waals surface area contributed by atoms with E-state index in [4.69, 9.17) is 5.73 Å². The van der Waals surface area contributed by atoms with Crippen LogP contribution < -0.4 is 5.73 Å². The molecule has 0 saturated heterocycles. The summed E-state index contributed by atoms with van der Waals surface area (Å²) >= 11 is 1.61. The maximum Gasteiger partial charge on any atom is 0.160 e. The second-order valence-corrected chi connectivity index (χ2v) is 4.55. The molecule has 0 aliphatic carbocycles. The first-order valence-corrected chi connectivity index (χ1v) is 6.26. The first-order chi connectivity index (χ1) is 8.24. The third-order valence-corrected chi connectivity index (χ3v) is 3.09. The molecule has 1 aromatic heterocycles. The van der Waals surface area contributed by atoms with Crippen molar-refractivity contribution in [1.29, 1.82) is 0 Å². The van der Waals surface area contributed by atoms with Gasteiger partial charge in [0.1, 0.15) is 0 Å². The second kappa shape index (κ2) is 5.46. The summed E-state index contributed by atoms with van der Waals surface area (Å²) in [6.07, 6.45) is 3.90. The molecule has 17 heavy (non-hydrogen) atoms. The lowest BCUT2D eigenvalue weighted by molar-refractivity contribution is -0.113. The SMILES string of the molecule is Nc1ccc(/C=C/C(=O)Cc2ccsc2)cc1. The normalized spacial score (nSPS) is 10.8. The van der Waals surface area contributed by atoms with E-state index < -0.39 is 0 Å². The highest BCUT2D eigenvalue weighted by molar-refractivity contribution is 7.08. The molecular weight excluding hydrogens is 230 g/mol. The Kier molecular flexibility index (Phi) is 3.73. The monoisotopic (exact) mass is 243 g/mol. The average Bonchev–Trinajstić information content (AvgIpc) is 2.81. The Morgan fingerprint density at radius 3 is 2.65 bits per heavy atom. The Morgan fingerprint density at radius 1 is 1.24 bits per heavy atom. The van der Waals surface area contributed by atoms with Crippen LogP contribution in [0.25, 0.3) is 6.08 Å². The molecule has 0 spiro atoms. The van der Waals surface area contributed by atoms with Gasteiger partial charge in [-0.05, 0) is 46.2 Å². The summed E-state index contributed by atoms with van der Waals surface area (Å²) in [6, 6.07) is 9.40. The molecule has 0 radical (unpaired) electrons. The molecule has 1 aromatic carbocycles. The maximum absolute atomic E-state index is 11.6. The zero-order chi connectivity index (χ0) is 12.1. The molecule has 0 unspecified atom stereocenters. The third-order valence-electron chi connectivity index (χ3n) is 2.36. The van der Waals surface area contributed by atoms with Crippen LogP contribution in [-0.2, 0) is 11.2 Å². The van der Waals surface area contributed by atoms with Crippen molar-refractivity contribution in [2.45, 2.75) is 6.42 Å². The van der Waals surface area contributed by atoms with Crippen molar-refractivity contribution in [2.24, 2.45) is 0 Å². The van der Waals surface area contributed by atoms with Crippen LogP contribution in [0.15, 0.2) is 47.2 Å². The van der Waals surface area contributed by atoms with Gasteiger partial charge in [-0.2, -0.15) is 11.3 Å². The summed E-state index contributed by atoms with van der Waals surface area (Å²) < 4.78 is 0. The molecule has 3 heteroatoms. The largest absolute Gasteiger partial charge is 0.399 e. The van der Waals surface area contributed by atoms with E-state index in [1.54, 1.807) is 17.4 Å². The molecule has 2 N–H and O–H groups in total. The molecule has 0 aliphatic heterocycles. The van der Waals surface area contributed by atoms with Gasteiger partial charge in [0.05, 0.1) is 0 Å². The number of anilines is 1. The fourth-order valence-electron chi connectivity index (χ4n) is 1.45. The number of benzene rings is 1. The lowest BCUT2D eigenvalue weighted by Crippen LogP contribution is -1.96. The van der Waals surface area contributed by atoms with Crippen LogP contribution in [0.5, 0.6) is 0 Å². The zero-order valence-corrected chi connectivity index (χ0v) is 10.1. The van der Waals surface area contributed by atoms with E-state index in [0.717, 1.165) is 16.8 Å². The molecule has 0 amide bonds. The summed E-state index contributed by atoms with van der Waals surface area (Å²) in [7, 11) is 0. The van der Waals surface area contributed by atoms with E-state index in [1.165, 1.54) is 0 Å². The molecule has 0 saturated carbocycles. The standard InChI is InChI=1S/C14H13NOS/c15-13-4-1-11(2-5-13)3-6-14(16)9-12-7-8-17-10-12/h1-8,10H,9,15H2/b6-3+. The number of carbonyl (C=O) groups is 1. The molecule has 0 atom stereocenters. The van der Waals surface area contributed by atoms with Crippen molar-refractivity contribution in [2.75, 3.05) is 5.73 Å². The van der Waals surface area contributed by atoms with Crippen molar-refractivity contribution in [3.63, 3.8) is 0 Å².